The summed E-state index contributed by atoms with van der Waals surface area (Å²) in [6, 6.07) is 1.11. The second-order valence-electron chi connectivity index (χ2n) is 3.11. The second kappa shape index (κ2) is 4.59. The summed E-state index contributed by atoms with van der Waals surface area (Å²) in [4.78, 5) is 11.0. The van der Waals surface area contributed by atoms with Gasteiger partial charge in [0.05, 0.1) is 0 Å². The van der Waals surface area contributed by atoms with Gasteiger partial charge in [0.15, 0.2) is 0 Å². The van der Waals surface area contributed by atoms with Crippen molar-refractivity contribution in [2.45, 2.75) is 11.8 Å². The standard InChI is InChI=1S/C7H6N4O4S3/c1-3-5(2-4(16-3)6(12)13)18(14,15)9-7-8-10-11-17-7/h2H,1H3,(H,12,13)(H,8,9,11). The lowest BCUT2D eigenvalue weighted by atomic mass is 10.4. The summed E-state index contributed by atoms with van der Waals surface area (Å²) < 4.78 is 29.5. The number of sulfonamides is 1. The summed E-state index contributed by atoms with van der Waals surface area (Å²) in [5.41, 5.74) is 0. The third-order valence-electron chi connectivity index (χ3n) is 1.89. The minimum Gasteiger partial charge on any atom is -0.477 e. The van der Waals surface area contributed by atoms with Gasteiger partial charge >= 0.3 is 5.97 Å². The predicted molar refractivity (Wildman–Crippen MR) is 64.5 cm³/mol. The molecule has 0 saturated carbocycles. The van der Waals surface area contributed by atoms with Crippen LogP contribution in [0.4, 0.5) is 5.13 Å². The highest BCUT2D eigenvalue weighted by atomic mass is 32.2. The van der Waals surface area contributed by atoms with Gasteiger partial charge < -0.3 is 5.11 Å². The zero-order valence-corrected chi connectivity index (χ0v) is 11.3. The normalized spacial score (nSPS) is 11.4. The van der Waals surface area contributed by atoms with Crippen LogP contribution in [0.2, 0.25) is 0 Å². The zero-order valence-electron chi connectivity index (χ0n) is 8.82. The van der Waals surface area contributed by atoms with Crippen molar-refractivity contribution in [1.29, 1.82) is 0 Å². The lowest BCUT2D eigenvalue weighted by Gasteiger charge is -2.02. The smallest absolute Gasteiger partial charge is 0.345 e. The molecule has 2 N–H and O–H groups in total. The number of aryl methyl sites for hydroxylation is 1. The quantitative estimate of drug-likeness (QED) is 0.856. The second-order valence-corrected chi connectivity index (χ2v) is 6.75. The number of aromatic carboxylic acids is 1. The first-order valence-electron chi connectivity index (χ1n) is 4.42. The number of hydrogen-bond acceptors (Lipinski definition) is 8. The Labute approximate surface area is 110 Å². The van der Waals surface area contributed by atoms with Gasteiger partial charge in [0.25, 0.3) is 10.0 Å². The van der Waals surface area contributed by atoms with Crippen LogP contribution >= 0.6 is 22.9 Å². The van der Waals surface area contributed by atoms with Crippen molar-refractivity contribution >= 4 is 44.0 Å². The number of carboxylic acid groups (broad SMARTS) is 1. The molecule has 0 amide bonds. The molecule has 8 nitrogen and oxygen atoms in total. The summed E-state index contributed by atoms with van der Waals surface area (Å²) in [7, 11) is -3.86. The average molecular weight is 306 g/mol. The molecule has 0 saturated heterocycles. The van der Waals surface area contributed by atoms with E-state index in [2.05, 4.69) is 19.5 Å². The molecule has 0 fully saturated rings. The van der Waals surface area contributed by atoms with Crippen LogP contribution in [0.3, 0.4) is 0 Å². The molecule has 2 heterocycles. The van der Waals surface area contributed by atoms with Gasteiger partial charge in [-0.3, -0.25) is 4.72 Å². The summed E-state index contributed by atoms with van der Waals surface area (Å²) in [6.07, 6.45) is 0. The van der Waals surface area contributed by atoms with Crippen LogP contribution in [0.1, 0.15) is 14.5 Å². The first kappa shape index (κ1) is 12.9. The van der Waals surface area contributed by atoms with E-state index in [1.807, 2.05) is 0 Å². The van der Waals surface area contributed by atoms with Gasteiger partial charge in [-0.15, -0.1) is 11.3 Å². The number of thiophene rings is 1. The highest BCUT2D eigenvalue weighted by Crippen LogP contribution is 2.27. The Morgan fingerprint density at radius 1 is 1.50 bits per heavy atom. The zero-order chi connectivity index (χ0) is 13.3. The van der Waals surface area contributed by atoms with Crippen LogP contribution in [0.15, 0.2) is 11.0 Å². The Morgan fingerprint density at radius 3 is 2.72 bits per heavy atom. The fourth-order valence-electron chi connectivity index (χ4n) is 1.18. The number of rotatable bonds is 4. The lowest BCUT2D eigenvalue weighted by Crippen LogP contribution is -2.13. The molecule has 2 rings (SSSR count). The van der Waals surface area contributed by atoms with Crippen molar-refractivity contribution < 1.29 is 18.3 Å². The van der Waals surface area contributed by atoms with E-state index in [1.54, 1.807) is 0 Å². The number of hydrogen-bond donors (Lipinski definition) is 2. The van der Waals surface area contributed by atoms with E-state index in [1.165, 1.54) is 6.92 Å². The first-order chi connectivity index (χ1) is 8.40. The molecule has 18 heavy (non-hydrogen) atoms. The van der Waals surface area contributed by atoms with Gasteiger partial charge in [0.2, 0.25) is 5.13 Å². The fourth-order valence-corrected chi connectivity index (χ4v) is 4.20. The summed E-state index contributed by atoms with van der Waals surface area (Å²) in [6.45, 7) is 1.53. The lowest BCUT2D eigenvalue weighted by molar-refractivity contribution is 0.0702. The molecule has 0 radical (unpaired) electrons. The van der Waals surface area contributed by atoms with E-state index < -0.39 is 16.0 Å². The number of carbonyl (C=O) groups is 1. The number of carboxylic acids is 1. The molecular formula is C7H6N4O4S3. The molecule has 0 aliphatic carbocycles. The van der Waals surface area contributed by atoms with E-state index in [9.17, 15) is 13.2 Å². The Balaban J connectivity index is 2.38. The van der Waals surface area contributed by atoms with Gasteiger partial charge in [0, 0.05) is 16.4 Å². The van der Waals surface area contributed by atoms with E-state index >= 15 is 0 Å². The molecule has 0 aliphatic rings. The molecule has 0 atom stereocenters. The van der Waals surface area contributed by atoms with E-state index in [0.717, 1.165) is 28.9 Å². The summed E-state index contributed by atoms with van der Waals surface area (Å²) in [5, 5.41) is 15.5. The minimum atomic E-state index is -3.86. The van der Waals surface area contributed by atoms with Gasteiger partial charge in [-0.05, 0) is 18.2 Å². The molecule has 2 aromatic heterocycles. The fraction of sp³-hybridized carbons (Fsp3) is 0.143. The van der Waals surface area contributed by atoms with Crippen LogP contribution in [-0.2, 0) is 10.0 Å². The van der Waals surface area contributed by atoms with E-state index in [-0.39, 0.29) is 14.9 Å². The van der Waals surface area contributed by atoms with Crippen molar-refractivity contribution in [1.82, 2.24) is 14.8 Å². The molecule has 0 bridgehead atoms. The molecule has 0 aliphatic heterocycles. The van der Waals surface area contributed by atoms with Crippen LogP contribution in [-0.4, -0.2) is 34.3 Å². The monoisotopic (exact) mass is 306 g/mol. The topological polar surface area (TPSA) is 122 Å². The molecule has 0 spiro atoms. The van der Waals surface area contributed by atoms with Crippen molar-refractivity contribution in [2.75, 3.05) is 4.72 Å². The Hall–Kier alpha value is -1.59. The van der Waals surface area contributed by atoms with Gasteiger partial charge in [-0.25, -0.2) is 13.2 Å². The van der Waals surface area contributed by atoms with E-state index in [4.69, 9.17) is 5.11 Å². The number of nitrogens with one attached hydrogen (secondary N) is 1. The van der Waals surface area contributed by atoms with Crippen molar-refractivity contribution in [3.05, 3.63) is 15.8 Å². The van der Waals surface area contributed by atoms with Gasteiger partial charge in [-0.1, -0.05) is 9.59 Å². The Bertz CT molecular complexity index is 676. The number of aromatic nitrogens is 3. The SMILES string of the molecule is Cc1sc(C(=O)O)cc1S(=O)(=O)Nc1nnns1. The molecule has 96 valence electrons. The van der Waals surface area contributed by atoms with E-state index in [0.29, 0.717) is 4.88 Å². The highest BCUT2D eigenvalue weighted by Gasteiger charge is 2.23. The largest absolute Gasteiger partial charge is 0.477 e. The maximum Gasteiger partial charge on any atom is 0.345 e. The number of anilines is 1. The number of nitrogens with zero attached hydrogens (tertiary/aromatic N) is 3. The summed E-state index contributed by atoms with van der Waals surface area (Å²) >= 11 is 1.68. The average Bonchev–Trinajstić information content (AvgIpc) is 2.86. The maximum atomic E-state index is 12.0. The van der Waals surface area contributed by atoms with Crippen LogP contribution < -0.4 is 4.72 Å². The summed E-state index contributed by atoms with van der Waals surface area (Å²) in [5.74, 6) is -1.16. The third kappa shape index (κ3) is 2.47. The third-order valence-corrected chi connectivity index (χ3v) is 5.17. The van der Waals surface area contributed by atoms with Gasteiger partial charge in [0.1, 0.15) is 9.77 Å². The van der Waals surface area contributed by atoms with Crippen molar-refractivity contribution in [3.8, 4) is 0 Å². The molecule has 0 aromatic carbocycles. The van der Waals surface area contributed by atoms with Gasteiger partial charge in [-0.2, -0.15) is 0 Å². The Morgan fingerprint density at radius 2 is 2.22 bits per heavy atom. The molecule has 2 aromatic rings. The van der Waals surface area contributed by atoms with Crippen LogP contribution in [0, 0.1) is 6.92 Å². The molecule has 11 heteroatoms. The van der Waals surface area contributed by atoms with Crippen molar-refractivity contribution in [2.24, 2.45) is 0 Å². The maximum absolute atomic E-state index is 12.0. The van der Waals surface area contributed by atoms with Crippen LogP contribution in [0.5, 0.6) is 0 Å². The van der Waals surface area contributed by atoms with Crippen LogP contribution in [0.25, 0.3) is 0 Å². The predicted octanol–water partition coefficient (Wildman–Crippen LogP) is 0.802. The molecule has 0 unspecified atom stereocenters. The minimum absolute atomic E-state index is 0.0254. The van der Waals surface area contributed by atoms with Crippen molar-refractivity contribution in [3.63, 3.8) is 0 Å². The first-order valence-corrected chi connectivity index (χ1v) is 7.49. The Kier molecular flexibility index (Phi) is 3.28. The molecular weight excluding hydrogens is 300 g/mol. The highest BCUT2D eigenvalue weighted by molar-refractivity contribution is 7.93.